The Morgan fingerprint density at radius 1 is 1.12 bits per heavy atom. The van der Waals surface area contributed by atoms with Crippen LogP contribution in [0.2, 0.25) is 5.02 Å². The highest BCUT2D eigenvalue weighted by Gasteiger charge is 2.35. The summed E-state index contributed by atoms with van der Waals surface area (Å²) in [5.41, 5.74) is 4.31. The SMILES string of the molecule is O=C(N/N=C\c1ccc(OCc2c(F)cccc2Cl)cc1)[C@H]1CC(=O)N(c2ccccc2)C1. The topological polar surface area (TPSA) is 71.0 Å². The molecule has 2 amide bonds. The molecule has 0 spiro atoms. The summed E-state index contributed by atoms with van der Waals surface area (Å²) in [5.74, 6) is -0.730. The average Bonchev–Trinajstić information content (AvgIpc) is 3.22. The van der Waals surface area contributed by atoms with E-state index in [1.54, 1.807) is 35.2 Å². The van der Waals surface area contributed by atoms with Crippen molar-refractivity contribution in [2.45, 2.75) is 13.0 Å². The lowest BCUT2D eigenvalue weighted by atomic mass is 10.1. The second kappa shape index (κ2) is 10.3. The van der Waals surface area contributed by atoms with Crippen LogP contribution in [-0.4, -0.2) is 24.6 Å². The first-order valence-electron chi connectivity index (χ1n) is 10.4. The van der Waals surface area contributed by atoms with Crippen LogP contribution in [0.5, 0.6) is 5.75 Å². The molecule has 1 fully saturated rings. The molecule has 0 aliphatic carbocycles. The van der Waals surface area contributed by atoms with Gasteiger partial charge in [0, 0.05) is 24.2 Å². The van der Waals surface area contributed by atoms with E-state index in [0.717, 1.165) is 11.3 Å². The van der Waals surface area contributed by atoms with Crippen LogP contribution in [0.15, 0.2) is 77.9 Å². The van der Waals surface area contributed by atoms with Gasteiger partial charge in [-0.15, -0.1) is 0 Å². The van der Waals surface area contributed by atoms with Gasteiger partial charge in [0.25, 0.3) is 0 Å². The molecule has 6 nitrogen and oxygen atoms in total. The van der Waals surface area contributed by atoms with Gasteiger partial charge in [0.05, 0.1) is 17.2 Å². The van der Waals surface area contributed by atoms with E-state index in [1.807, 2.05) is 30.3 Å². The number of anilines is 1. The van der Waals surface area contributed by atoms with Crippen molar-refractivity contribution in [2.24, 2.45) is 11.0 Å². The summed E-state index contributed by atoms with van der Waals surface area (Å²) in [5, 5.41) is 4.30. The van der Waals surface area contributed by atoms with Crippen molar-refractivity contribution < 1.29 is 18.7 Å². The normalized spacial score (nSPS) is 15.8. The monoisotopic (exact) mass is 465 g/mol. The molecule has 1 saturated heterocycles. The molecule has 4 rings (SSSR count). The Morgan fingerprint density at radius 2 is 1.88 bits per heavy atom. The highest BCUT2D eigenvalue weighted by Crippen LogP contribution is 2.25. The van der Waals surface area contributed by atoms with Crippen molar-refractivity contribution in [1.82, 2.24) is 5.43 Å². The smallest absolute Gasteiger partial charge is 0.245 e. The van der Waals surface area contributed by atoms with Crippen molar-refractivity contribution in [3.8, 4) is 5.75 Å². The quantitative estimate of drug-likeness (QED) is 0.410. The highest BCUT2D eigenvalue weighted by atomic mass is 35.5. The highest BCUT2D eigenvalue weighted by molar-refractivity contribution is 6.31. The van der Waals surface area contributed by atoms with Gasteiger partial charge in [-0.25, -0.2) is 9.82 Å². The number of carbonyl (C=O) groups excluding carboxylic acids is 2. The number of nitrogens with one attached hydrogen (secondary N) is 1. The number of para-hydroxylation sites is 1. The largest absolute Gasteiger partial charge is 0.489 e. The lowest BCUT2D eigenvalue weighted by molar-refractivity contribution is -0.126. The molecular formula is C25H21ClFN3O3. The van der Waals surface area contributed by atoms with E-state index in [2.05, 4.69) is 10.5 Å². The first kappa shape index (κ1) is 22.5. The van der Waals surface area contributed by atoms with Gasteiger partial charge in [0.1, 0.15) is 18.2 Å². The average molecular weight is 466 g/mol. The minimum Gasteiger partial charge on any atom is -0.489 e. The summed E-state index contributed by atoms with van der Waals surface area (Å²) in [6, 6.07) is 20.7. The van der Waals surface area contributed by atoms with Crippen LogP contribution in [0.25, 0.3) is 0 Å². The van der Waals surface area contributed by atoms with Crippen molar-refractivity contribution >= 4 is 35.3 Å². The van der Waals surface area contributed by atoms with E-state index in [9.17, 15) is 14.0 Å². The fourth-order valence-electron chi connectivity index (χ4n) is 3.48. The van der Waals surface area contributed by atoms with E-state index in [0.29, 0.717) is 22.9 Å². The van der Waals surface area contributed by atoms with Crippen molar-refractivity contribution in [3.63, 3.8) is 0 Å². The predicted octanol–water partition coefficient (Wildman–Crippen LogP) is 4.56. The number of hydrazone groups is 1. The number of carbonyl (C=O) groups is 2. The third kappa shape index (κ3) is 5.56. The predicted molar refractivity (Wildman–Crippen MR) is 125 cm³/mol. The number of amides is 2. The first-order chi connectivity index (χ1) is 16.0. The van der Waals surface area contributed by atoms with Gasteiger partial charge in [-0.3, -0.25) is 9.59 Å². The Labute approximate surface area is 195 Å². The van der Waals surface area contributed by atoms with E-state index < -0.39 is 11.7 Å². The minimum absolute atomic E-state index is 0.00904. The molecule has 1 heterocycles. The molecule has 1 atom stereocenters. The fourth-order valence-corrected chi connectivity index (χ4v) is 3.70. The molecule has 1 aliphatic heterocycles. The maximum absolute atomic E-state index is 13.8. The number of hydrogen-bond donors (Lipinski definition) is 1. The summed E-state index contributed by atoms with van der Waals surface area (Å²) < 4.78 is 19.4. The van der Waals surface area contributed by atoms with Crippen LogP contribution in [-0.2, 0) is 16.2 Å². The summed E-state index contributed by atoms with van der Waals surface area (Å²) in [4.78, 5) is 26.3. The summed E-state index contributed by atoms with van der Waals surface area (Å²) in [6.07, 6.45) is 1.65. The van der Waals surface area contributed by atoms with E-state index in [1.165, 1.54) is 18.3 Å². The zero-order chi connectivity index (χ0) is 23.2. The van der Waals surface area contributed by atoms with Gasteiger partial charge in [-0.05, 0) is 54.1 Å². The summed E-state index contributed by atoms with van der Waals surface area (Å²) in [7, 11) is 0. The van der Waals surface area contributed by atoms with E-state index in [4.69, 9.17) is 16.3 Å². The van der Waals surface area contributed by atoms with Crippen LogP contribution in [0, 0.1) is 11.7 Å². The Hall–Kier alpha value is -3.71. The molecular weight excluding hydrogens is 445 g/mol. The molecule has 8 heteroatoms. The van der Waals surface area contributed by atoms with Crippen LogP contribution >= 0.6 is 11.6 Å². The second-order valence-electron chi connectivity index (χ2n) is 7.53. The van der Waals surface area contributed by atoms with Crippen LogP contribution in [0.4, 0.5) is 10.1 Å². The van der Waals surface area contributed by atoms with Gasteiger partial charge in [-0.1, -0.05) is 35.9 Å². The van der Waals surface area contributed by atoms with Gasteiger partial charge >= 0.3 is 0 Å². The molecule has 3 aromatic carbocycles. The Bertz CT molecular complexity index is 1150. The number of nitrogens with zero attached hydrogens (tertiary/aromatic N) is 2. The van der Waals surface area contributed by atoms with Crippen molar-refractivity contribution in [1.29, 1.82) is 0 Å². The molecule has 33 heavy (non-hydrogen) atoms. The van der Waals surface area contributed by atoms with Crippen molar-refractivity contribution in [3.05, 3.63) is 94.8 Å². The van der Waals surface area contributed by atoms with Crippen LogP contribution < -0.4 is 15.1 Å². The summed E-state index contributed by atoms with van der Waals surface area (Å²) >= 11 is 6.00. The Morgan fingerprint density at radius 3 is 2.61 bits per heavy atom. The maximum Gasteiger partial charge on any atom is 0.245 e. The molecule has 0 saturated carbocycles. The lowest BCUT2D eigenvalue weighted by Crippen LogP contribution is -2.30. The third-order valence-electron chi connectivity index (χ3n) is 5.28. The van der Waals surface area contributed by atoms with E-state index >= 15 is 0 Å². The zero-order valence-electron chi connectivity index (χ0n) is 17.6. The molecule has 0 aromatic heterocycles. The molecule has 0 bridgehead atoms. The number of rotatable bonds is 7. The Balaban J connectivity index is 1.28. The first-order valence-corrected chi connectivity index (χ1v) is 10.7. The van der Waals surface area contributed by atoms with Gasteiger partial charge in [-0.2, -0.15) is 5.10 Å². The molecule has 1 N–H and O–H groups in total. The molecule has 0 unspecified atom stereocenters. The van der Waals surface area contributed by atoms with E-state index in [-0.39, 0.29) is 24.8 Å². The van der Waals surface area contributed by atoms with Gasteiger partial charge in [0.15, 0.2) is 0 Å². The van der Waals surface area contributed by atoms with Gasteiger partial charge < -0.3 is 9.64 Å². The number of benzene rings is 3. The number of hydrogen-bond acceptors (Lipinski definition) is 4. The number of halogens is 2. The third-order valence-corrected chi connectivity index (χ3v) is 5.63. The maximum atomic E-state index is 13.8. The fraction of sp³-hybridized carbons (Fsp3) is 0.160. The zero-order valence-corrected chi connectivity index (χ0v) is 18.3. The standard InChI is InChI=1S/C25H21ClFN3O3/c26-22-7-4-8-23(27)21(22)16-33-20-11-9-17(10-12-20)14-28-29-25(32)18-13-24(31)30(15-18)19-5-2-1-3-6-19/h1-12,14,18H,13,15-16H2,(H,29,32)/b28-14-/t18-/m0/s1. The van der Waals surface area contributed by atoms with Gasteiger partial charge in [0.2, 0.25) is 11.8 Å². The molecule has 1 aliphatic rings. The minimum atomic E-state index is -0.462. The Kier molecular flexibility index (Phi) is 7.00. The van der Waals surface area contributed by atoms with Crippen LogP contribution in [0.3, 0.4) is 0 Å². The number of ether oxygens (including phenoxy) is 1. The molecule has 0 radical (unpaired) electrons. The summed E-state index contributed by atoms with van der Waals surface area (Å²) in [6.45, 7) is 0.331. The molecule has 3 aromatic rings. The second-order valence-corrected chi connectivity index (χ2v) is 7.94. The van der Waals surface area contributed by atoms with Crippen molar-refractivity contribution in [2.75, 3.05) is 11.4 Å². The lowest BCUT2D eigenvalue weighted by Gasteiger charge is -2.16. The van der Waals surface area contributed by atoms with Crippen LogP contribution in [0.1, 0.15) is 17.5 Å². The molecule has 168 valence electrons.